The molecular formula is C55H37NO. The molecule has 0 saturated carbocycles. The Hall–Kier alpha value is -7.42. The van der Waals surface area contributed by atoms with Crippen molar-refractivity contribution in [3.63, 3.8) is 0 Å². The minimum atomic E-state index is -0.581. The van der Waals surface area contributed by atoms with Crippen LogP contribution < -0.4 is 4.90 Å². The second-order valence-corrected chi connectivity index (χ2v) is 14.8. The molecule has 0 spiro atoms. The van der Waals surface area contributed by atoms with Gasteiger partial charge in [-0.05, 0) is 86.5 Å². The summed E-state index contributed by atoms with van der Waals surface area (Å²) in [5.41, 5.74) is 16.5. The minimum Gasteiger partial charge on any atom is -0.456 e. The molecule has 11 rings (SSSR count). The first kappa shape index (κ1) is 33.0. The summed E-state index contributed by atoms with van der Waals surface area (Å²) in [5.74, 6) is 0. The maximum atomic E-state index is 7.16. The number of para-hydroxylation sites is 1. The minimum absolute atomic E-state index is 0.581. The summed E-state index contributed by atoms with van der Waals surface area (Å²) in [6, 6.07) is 80.9. The van der Waals surface area contributed by atoms with Crippen LogP contribution in [0.2, 0.25) is 0 Å². The van der Waals surface area contributed by atoms with Crippen molar-refractivity contribution in [3.8, 4) is 33.4 Å². The summed E-state index contributed by atoms with van der Waals surface area (Å²) in [6.07, 6.45) is 0. The van der Waals surface area contributed by atoms with Gasteiger partial charge in [0, 0.05) is 22.3 Å². The predicted molar refractivity (Wildman–Crippen MR) is 237 cm³/mol. The maximum Gasteiger partial charge on any atom is 0.140 e. The predicted octanol–water partition coefficient (Wildman–Crippen LogP) is 14.8. The molecule has 0 unspecified atom stereocenters. The lowest BCUT2D eigenvalue weighted by atomic mass is 9.67. The molecule has 10 aromatic rings. The fraction of sp³-hybridized carbons (Fsp3) is 0.0182. The number of anilines is 3. The number of hydrogen-bond acceptors (Lipinski definition) is 2. The number of rotatable bonds is 7. The number of benzene rings is 9. The lowest BCUT2D eigenvalue weighted by Gasteiger charge is -2.33. The van der Waals surface area contributed by atoms with Crippen molar-refractivity contribution in [2.45, 2.75) is 5.41 Å². The third-order valence-electron chi connectivity index (χ3n) is 11.8. The largest absolute Gasteiger partial charge is 0.456 e. The smallest absolute Gasteiger partial charge is 0.140 e. The molecule has 2 heteroatoms. The van der Waals surface area contributed by atoms with Gasteiger partial charge in [0.1, 0.15) is 11.2 Å². The van der Waals surface area contributed by atoms with E-state index in [1.54, 1.807) is 0 Å². The summed E-state index contributed by atoms with van der Waals surface area (Å²) >= 11 is 0. The Bertz CT molecular complexity index is 2910. The van der Waals surface area contributed by atoms with Gasteiger partial charge in [-0.2, -0.15) is 0 Å². The molecule has 0 aliphatic heterocycles. The van der Waals surface area contributed by atoms with E-state index in [4.69, 9.17) is 4.42 Å². The summed E-state index contributed by atoms with van der Waals surface area (Å²) in [7, 11) is 0. The number of hydrogen-bond donors (Lipinski definition) is 0. The lowest BCUT2D eigenvalue weighted by molar-refractivity contribution is 0.648. The van der Waals surface area contributed by atoms with Gasteiger partial charge in [0.2, 0.25) is 0 Å². The molecule has 0 atom stereocenters. The molecule has 0 bridgehead atoms. The molecule has 0 saturated heterocycles. The third-order valence-corrected chi connectivity index (χ3v) is 11.8. The molecule has 57 heavy (non-hydrogen) atoms. The molecule has 1 aromatic heterocycles. The van der Waals surface area contributed by atoms with Crippen molar-refractivity contribution in [3.05, 3.63) is 247 Å². The summed E-state index contributed by atoms with van der Waals surface area (Å²) in [4.78, 5) is 2.38. The molecule has 1 aliphatic carbocycles. The van der Waals surface area contributed by atoms with Crippen molar-refractivity contribution >= 4 is 39.0 Å². The topological polar surface area (TPSA) is 16.4 Å². The monoisotopic (exact) mass is 727 g/mol. The first-order valence-corrected chi connectivity index (χ1v) is 19.6. The molecule has 0 radical (unpaired) electrons. The van der Waals surface area contributed by atoms with Crippen LogP contribution in [0.15, 0.2) is 229 Å². The standard InChI is InChI=1S/C55H37NO/c1-4-16-38(17-5-1)40-30-34-43(35-31-40)56(44-36-32-41(33-37-44)39-18-6-2-7-19-39)51-28-15-29-52-53(51)47-24-14-27-50(54(47)57-52)55(42-20-8-3-9-21-42)48-25-12-10-22-45(48)46-23-11-13-26-49(46)55/h1-37H. The van der Waals surface area contributed by atoms with Crippen LogP contribution in [0.3, 0.4) is 0 Å². The van der Waals surface area contributed by atoms with Gasteiger partial charge in [-0.25, -0.2) is 0 Å². The summed E-state index contributed by atoms with van der Waals surface area (Å²) in [5, 5.41) is 2.17. The molecule has 0 fully saturated rings. The van der Waals surface area contributed by atoms with Gasteiger partial charge >= 0.3 is 0 Å². The molecule has 1 aliphatic rings. The van der Waals surface area contributed by atoms with E-state index < -0.39 is 5.41 Å². The molecule has 1 heterocycles. The van der Waals surface area contributed by atoms with Crippen LogP contribution in [0.5, 0.6) is 0 Å². The molecule has 0 N–H and O–H groups in total. The van der Waals surface area contributed by atoms with E-state index in [9.17, 15) is 0 Å². The highest BCUT2D eigenvalue weighted by Gasteiger charge is 2.47. The molecule has 268 valence electrons. The van der Waals surface area contributed by atoms with Gasteiger partial charge in [0.15, 0.2) is 0 Å². The number of furan rings is 1. The van der Waals surface area contributed by atoms with Crippen LogP contribution in [-0.2, 0) is 5.41 Å². The van der Waals surface area contributed by atoms with E-state index in [0.717, 1.165) is 44.6 Å². The van der Waals surface area contributed by atoms with Gasteiger partial charge in [0.05, 0.1) is 16.5 Å². The zero-order valence-corrected chi connectivity index (χ0v) is 31.2. The molecular weight excluding hydrogens is 691 g/mol. The maximum absolute atomic E-state index is 7.16. The van der Waals surface area contributed by atoms with E-state index in [-0.39, 0.29) is 0 Å². The highest BCUT2D eigenvalue weighted by molar-refractivity contribution is 6.14. The Morgan fingerprint density at radius 2 is 0.807 bits per heavy atom. The van der Waals surface area contributed by atoms with Crippen molar-refractivity contribution in [1.82, 2.24) is 0 Å². The summed E-state index contributed by atoms with van der Waals surface area (Å²) < 4.78 is 7.16. The zero-order valence-electron chi connectivity index (χ0n) is 31.2. The SMILES string of the molecule is c1ccc(-c2ccc(N(c3ccc(-c4ccccc4)cc3)c3cccc4oc5c(C6(c7ccccc7)c7ccccc7-c7ccccc76)cccc5c34)cc2)cc1. The Balaban J connectivity index is 1.15. The van der Waals surface area contributed by atoms with Crippen LogP contribution in [0, 0.1) is 0 Å². The van der Waals surface area contributed by atoms with Gasteiger partial charge in [-0.3, -0.25) is 0 Å². The third kappa shape index (κ3) is 5.18. The molecule has 9 aromatic carbocycles. The highest BCUT2D eigenvalue weighted by atomic mass is 16.3. The zero-order chi connectivity index (χ0) is 37.8. The van der Waals surface area contributed by atoms with Crippen molar-refractivity contribution in [2.75, 3.05) is 4.90 Å². The first-order chi connectivity index (χ1) is 28.3. The Morgan fingerprint density at radius 3 is 1.37 bits per heavy atom. The van der Waals surface area contributed by atoms with E-state index in [2.05, 4.69) is 229 Å². The number of nitrogens with zero attached hydrogens (tertiary/aromatic N) is 1. The fourth-order valence-corrected chi connectivity index (χ4v) is 9.28. The summed E-state index contributed by atoms with van der Waals surface area (Å²) in [6.45, 7) is 0. The number of fused-ring (bicyclic) bond motifs is 6. The van der Waals surface area contributed by atoms with E-state index >= 15 is 0 Å². The van der Waals surface area contributed by atoms with Gasteiger partial charge in [0.25, 0.3) is 0 Å². The van der Waals surface area contributed by atoms with Gasteiger partial charge in [-0.1, -0.05) is 188 Å². The van der Waals surface area contributed by atoms with E-state index in [0.29, 0.717) is 0 Å². The van der Waals surface area contributed by atoms with Crippen molar-refractivity contribution in [1.29, 1.82) is 0 Å². The quantitative estimate of drug-likeness (QED) is 0.163. The average Bonchev–Trinajstić information content (AvgIpc) is 3.83. The highest BCUT2D eigenvalue weighted by Crippen LogP contribution is 2.58. The van der Waals surface area contributed by atoms with Gasteiger partial charge in [-0.15, -0.1) is 0 Å². The lowest BCUT2D eigenvalue weighted by Crippen LogP contribution is -2.28. The van der Waals surface area contributed by atoms with Crippen molar-refractivity contribution < 1.29 is 4.42 Å². The Morgan fingerprint density at radius 1 is 0.351 bits per heavy atom. The second-order valence-electron chi connectivity index (χ2n) is 14.8. The normalized spacial score (nSPS) is 12.7. The average molecular weight is 728 g/mol. The second kappa shape index (κ2) is 13.4. The van der Waals surface area contributed by atoms with Gasteiger partial charge < -0.3 is 9.32 Å². The fourth-order valence-electron chi connectivity index (χ4n) is 9.28. The Labute approximate surface area is 332 Å². The van der Waals surface area contributed by atoms with E-state index in [1.165, 1.54) is 50.1 Å². The van der Waals surface area contributed by atoms with Crippen LogP contribution >= 0.6 is 0 Å². The molecule has 0 amide bonds. The van der Waals surface area contributed by atoms with Crippen LogP contribution in [0.25, 0.3) is 55.3 Å². The first-order valence-electron chi connectivity index (χ1n) is 19.6. The van der Waals surface area contributed by atoms with Crippen LogP contribution in [-0.4, -0.2) is 0 Å². The van der Waals surface area contributed by atoms with Crippen LogP contribution in [0.4, 0.5) is 17.1 Å². The molecule has 2 nitrogen and oxygen atoms in total. The Kier molecular flexibility index (Phi) is 7.75. The van der Waals surface area contributed by atoms with Crippen LogP contribution in [0.1, 0.15) is 22.3 Å². The van der Waals surface area contributed by atoms with E-state index in [1.807, 2.05) is 0 Å². The van der Waals surface area contributed by atoms with Crippen molar-refractivity contribution in [2.24, 2.45) is 0 Å².